The molecule has 0 aliphatic rings. The van der Waals surface area contributed by atoms with Crippen LogP contribution in [0.5, 0.6) is 5.75 Å². The molecule has 0 spiro atoms. The molecule has 0 amide bonds. The number of aldehydes is 1. The molecule has 6 nitrogen and oxygen atoms in total. The lowest BCUT2D eigenvalue weighted by atomic mass is 10.3. The molecule has 2 aromatic rings. The molecule has 7 heteroatoms. The van der Waals surface area contributed by atoms with Crippen molar-refractivity contribution < 1.29 is 13.9 Å². The number of hydrogen-bond donors (Lipinski definition) is 1. The van der Waals surface area contributed by atoms with Crippen molar-refractivity contribution in [3.8, 4) is 5.75 Å². The summed E-state index contributed by atoms with van der Waals surface area (Å²) < 4.78 is 20.7. The predicted molar refractivity (Wildman–Crippen MR) is 80.3 cm³/mol. The van der Waals surface area contributed by atoms with Crippen LogP contribution in [0.1, 0.15) is 24.2 Å². The Morgan fingerprint density at radius 2 is 2.14 bits per heavy atom. The van der Waals surface area contributed by atoms with Crippen molar-refractivity contribution in [2.24, 2.45) is 7.05 Å². The van der Waals surface area contributed by atoms with Crippen LogP contribution in [0.25, 0.3) is 0 Å². The number of carbonyl (C=O) groups is 1. The van der Waals surface area contributed by atoms with Gasteiger partial charge in [0.1, 0.15) is 0 Å². The van der Waals surface area contributed by atoms with Crippen LogP contribution >= 0.6 is 0 Å². The van der Waals surface area contributed by atoms with E-state index in [1.54, 1.807) is 27.0 Å². The average molecular weight is 305 g/mol. The van der Waals surface area contributed by atoms with Gasteiger partial charge in [-0.05, 0) is 26.0 Å². The Hall–Kier alpha value is -2.70. The second-order valence-electron chi connectivity index (χ2n) is 4.99. The Morgan fingerprint density at radius 1 is 1.41 bits per heavy atom. The van der Waals surface area contributed by atoms with E-state index in [0.717, 1.165) is 0 Å². The van der Waals surface area contributed by atoms with Crippen LogP contribution in [-0.4, -0.2) is 21.9 Å². The Balaban J connectivity index is 2.28. The minimum absolute atomic E-state index is 0.0417. The van der Waals surface area contributed by atoms with Crippen molar-refractivity contribution in [1.29, 1.82) is 0 Å². The fraction of sp³-hybridized carbons (Fsp3) is 0.267. The van der Waals surface area contributed by atoms with Gasteiger partial charge in [-0.1, -0.05) is 0 Å². The lowest BCUT2D eigenvalue weighted by Gasteiger charge is -2.13. The summed E-state index contributed by atoms with van der Waals surface area (Å²) in [5, 5.41) is 2.83. The Bertz CT molecular complexity index is 756. The number of halogens is 1. The van der Waals surface area contributed by atoms with Crippen LogP contribution in [0.3, 0.4) is 0 Å². The monoisotopic (exact) mass is 305 g/mol. The summed E-state index contributed by atoms with van der Waals surface area (Å²) in [6, 6.07) is 4.35. The third-order valence-electron chi connectivity index (χ3n) is 2.80. The second kappa shape index (κ2) is 6.38. The molecule has 0 aliphatic carbocycles. The maximum Gasteiger partial charge on any atom is 0.285 e. The molecule has 0 saturated heterocycles. The molecule has 1 aromatic carbocycles. The van der Waals surface area contributed by atoms with Gasteiger partial charge in [0.2, 0.25) is 5.95 Å². The van der Waals surface area contributed by atoms with Crippen molar-refractivity contribution in [2.45, 2.75) is 20.0 Å². The first-order chi connectivity index (χ1) is 10.4. The fourth-order valence-corrected chi connectivity index (χ4v) is 1.82. The minimum atomic E-state index is -0.643. The smallest absolute Gasteiger partial charge is 0.285 e. The first-order valence-corrected chi connectivity index (χ1v) is 6.66. The molecule has 0 saturated carbocycles. The maximum absolute atomic E-state index is 13.9. The van der Waals surface area contributed by atoms with Gasteiger partial charge < -0.3 is 14.6 Å². The first-order valence-electron chi connectivity index (χ1n) is 6.66. The number of nitrogens with zero attached hydrogens (tertiary/aromatic N) is 2. The van der Waals surface area contributed by atoms with Gasteiger partial charge in [-0.2, -0.15) is 4.98 Å². The Kier molecular flexibility index (Phi) is 4.55. The summed E-state index contributed by atoms with van der Waals surface area (Å²) in [6.45, 7) is 3.61. The van der Waals surface area contributed by atoms with Crippen molar-refractivity contribution in [2.75, 3.05) is 5.32 Å². The highest BCUT2D eigenvalue weighted by Crippen LogP contribution is 2.23. The summed E-state index contributed by atoms with van der Waals surface area (Å²) in [5.74, 6) is -0.167. The third kappa shape index (κ3) is 3.49. The quantitative estimate of drug-likeness (QED) is 0.858. The standard InChI is InChI=1S/C15H16FN3O3/c1-9(2)22-13-5-4-11(6-12(13)16)17-15-18-14(21)10(8-20)7-19(15)3/h4-9H,1-3H3,(H,17,18,21). The number of nitrogens with one attached hydrogen (secondary N) is 1. The highest BCUT2D eigenvalue weighted by atomic mass is 19.1. The van der Waals surface area contributed by atoms with Crippen molar-refractivity contribution >= 4 is 17.9 Å². The number of hydrogen-bond acceptors (Lipinski definition) is 5. The fourth-order valence-electron chi connectivity index (χ4n) is 1.82. The molecule has 0 aliphatic heterocycles. The summed E-state index contributed by atoms with van der Waals surface area (Å²) in [4.78, 5) is 26.0. The lowest BCUT2D eigenvalue weighted by molar-refractivity contribution is 0.112. The zero-order valence-corrected chi connectivity index (χ0v) is 12.5. The van der Waals surface area contributed by atoms with Crippen LogP contribution in [-0.2, 0) is 7.05 Å². The van der Waals surface area contributed by atoms with Crippen LogP contribution < -0.4 is 15.6 Å². The molecule has 0 unspecified atom stereocenters. The highest BCUT2D eigenvalue weighted by molar-refractivity contribution is 5.73. The molecule has 0 atom stereocenters. The molecule has 22 heavy (non-hydrogen) atoms. The number of aryl methyl sites for hydroxylation is 1. The van der Waals surface area contributed by atoms with E-state index < -0.39 is 11.4 Å². The number of rotatable bonds is 5. The largest absolute Gasteiger partial charge is 0.488 e. The van der Waals surface area contributed by atoms with E-state index in [2.05, 4.69) is 10.3 Å². The summed E-state index contributed by atoms with van der Waals surface area (Å²) in [7, 11) is 1.62. The molecule has 2 rings (SSSR count). The second-order valence-corrected chi connectivity index (χ2v) is 4.99. The average Bonchev–Trinajstić information content (AvgIpc) is 2.45. The van der Waals surface area contributed by atoms with E-state index >= 15 is 0 Å². The topological polar surface area (TPSA) is 73.2 Å². The molecule has 1 heterocycles. The summed E-state index contributed by atoms with van der Waals surface area (Å²) >= 11 is 0. The van der Waals surface area contributed by atoms with E-state index in [-0.39, 0.29) is 23.4 Å². The van der Waals surface area contributed by atoms with Crippen molar-refractivity contribution in [3.05, 3.63) is 46.1 Å². The molecular formula is C15H16FN3O3. The number of anilines is 2. The van der Waals surface area contributed by atoms with E-state index in [4.69, 9.17) is 4.74 Å². The van der Waals surface area contributed by atoms with Crippen molar-refractivity contribution in [1.82, 2.24) is 9.55 Å². The minimum Gasteiger partial charge on any atom is -0.488 e. The van der Waals surface area contributed by atoms with Gasteiger partial charge in [0, 0.05) is 25.0 Å². The predicted octanol–water partition coefficient (Wildman–Crippen LogP) is 2.26. The lowest BCUT2D eigenvalue weighted by Crippen LogP contribution is -2.18. The van der Waals surface area contributed by atoms with E-state index in [1.807, 2.05) is 0 Å². The van der Waals surface area contributed by atoms with Gasteiger partial charge in [0.25, 0.3) is 5.56 Å². The van der Waals surface area contributed by atoms with E-state index in [9.17, 15) is 14.0 Å². The van der Waals surface area contributed by atoms with E-state index in [1.165, 1.54) is 22.9 Å². The number of carbonyl (C=O) groups excluding carboxylic acids is 1. The first kappa shape index (κ1) is 15.7. The highest BCUT2D eigenvalue weighted by Gasteiger charge is 2.09. The Labute approximate surface area is 126 Å². The van der Waals surface area contributed by atoms with Crippen LogP contribution in [0, 0.1) is 5.82 Å². The molecule has 0 radical (unpaired) electrons. The van der Waals surface area contributed by atoms with Crippen LogP contribution in [0.2, 0.25) is 0 Å². The van der Waals surface area contributed by atoms with Gasteiger partial charge in [0.05, 0.1) is 11.7 Å². The van der Waals surface area contributed by atoms with E-state index in [0.29, 0.717) is 12.0 Å². The zero-order valence-electron chi connectivity index (χ0n) is 12.5. The molecule has 0 fully saturated rings. The maximum atomic E-state index is 13.9. The van der Waals surface area contributed by atoms with Crippen LogP contribution in [0.15, 0.2) is 29.2 Å². The van der Waals surface area contributed by atoms with Gasteiger partial charge in [0.15, 0.2) is 17.9 Å². The van der Waals surface area contributed by atoms with Gasteiger partial charge in [-0.3, -0.25) is 9.59 Å². The molecular weight excluding hydrogens is 289 g/mol. The normalized spacial score (nSPS) is 10.6. The molecule has 1 aromatic heterocycles. The van der Waals surface area contributed by atoms with Crippen LogP contribution in [0.4, 0.5) is 16.0 Å². The van der Waals surface area contributed by atoms with Gasteiger partial charge in [-0.15, -0.1) is 0 Å². The SMILES string of the molecule is CC(C)Oc1ccc(Nc2nc(=O)c(C=O)cn2C)cc1F. The van der Waals surface area contributed by atoms with Crippen molar-refractivity contribution in [3.63, 3.8) is 0 Å². The molecule has 116 valence electrons. The number of ether oxygens (including phenoxy) is 1. The zero-order chi connectivity index (χ0) is 16.3. The Morgan fingerprint density at radius 3 is 2.73 bits per heavy atom. The summed E-state index contributed by atoms with van der Waals surface area (Å²) in [6.07, 6.45) is 1.67. The van der Waals surface area contributed by atoms with Gasteiger partial charge >= 0.3 is 0 Å². The summed E-state index contributed by atoms with van der Waals surface area (Å²) in [5.41, 5.74) is -0.272. The molecule has 1 N–H and O–H groups in total. The number of aromatic nitrogens is 2. The number of benzene rings is 1. The van der Waals surface area contributed by atoms with Gasteiger partial charge in [-0.25, -0.2) is 4.39 Å². The third-order valence-corrected chi connectivity index (χ3v) is 2.80. The molecule has 0 bridgehead atoms.